The summed E-state index contributed by atoms with van der Waals surface area (Å²) < 4.78 is 7.49. The van der Waals surface area contributed by atoms with Crippen molar-refractivity contribution < 1.29 is 0 Å². The molecule has 292 valence electrons. The molecule has 0 radical (unpaired) electrons. The Bertz CT molecular complexity index is 3840. The molecule has 5 heteroatoms. The molecular formula is C56H41N3S2. The highest BCUT2D eigenvalue weighted by molar-refractivity contribution is 7.26. The molecular weight excluding hydrogens is 779 g/mol. The fraction of sp³-hybridized carbons (Fsp3) is 0.143. The molecule has 0 aliphatic heterocycles. The van der Waals surface area contributed by atoms with Crippen molar-refractivity contribution in [2.24, 2.45) is 0 Å². The Balaban J connectivity index is 1.05. The average molecular weight is 820 g/mol. The second kappa shape index (κ2) is 12.6. The molecule has 0 saturated carbocycles. The number of rotatable bonds is 3. The van der Waals surface area contributed by atoms with Crippen LogP contribution >= 0.6 is 22.7 Å². The number of fused-ring (bicyclic) bond motifs is 13. The predicted octanol–water partition coefficient (Wildman–Crippen LogP) is 16.3. The summed E-state index contributed by atoms with van der Waals surface area (Å²) in [5, 5.41) is 11.2. The van der Waals surface area contributed by atoms with Gasteiger partial charge in [0.25, 0.3) is 0 Å². The van der Waals surface area contributed by atoms with Gasteiger partial charge in [0.05, 0.1) is 26.9 Å². The SMILES string of the molecule is CC1(C)CCC(C)(C)c2cc3c(cc21)c1ccc2ccccc2c1n3-c1ccc2c(-c3nc(-c4ccc5sc6ccccc6c5c4)c4sc5ccccc5c4n3)cccc2c1. The lowest BCUT2D eigenvalue weighted by Gasteiger charge is -2.42. The fourth-order valence-electron chi connectivity index (χ4n) is 10.5. The smallest absolute Gasteiger partial charge is 0.161 e. The van der Waals surface area contributed by atoms with Gasteiger partial charge in [0.15, 0.2) is 5.82 Å². The second-order valence-corrected chi connectivity index (χ2v) is 20.5. The number of benzene rings is 8. The summed E-state index contributed by atoms with van der Waals surface area (Å²) in [6.07, 6.45) is 2.37. The standard InChI is InChI=1S/C56H41N3S2/c1-55(2)26-27-56(3,4)45-31-46-42(30-44(45)55)39-23-20-32-12-5-6-14-37(32)52(39)59(46)35-22-24-36-33(28-35)13-11-17-40(36)54-57-50(53-51(58-54)41-16-8-10-19-48(41)61-53)34-21-25-49-43(29-34)38-15-7-9-18-47(38)60-49/h5-25,28-31H,26-27H2,1-4H3. The van der Waals surface area contributed by atoms with Crippen LogP contribution in [0.15, 0.2) is 152 Å². The molecule has 0 unspecified atom stereocenters. The van der Waals surface area contributed by atoms with Crippen LogP contribution in [0.5, 0.6) is 0 Å². The number of nitrogens with zero attached hydrogens (tertiary/aromatic N) is 3. The summed E-state index contributed by atoms with van der Waals surface area (Å²) in [6, 6.07) is 56.4. The molecule has 0 bridgehead atoms. The van der Waals surface area contributed by atoms with Gasteiger partial charge < -0.3 is 4.57 Å². The van der Waals surface area contributed by atoms with Gasteiger partial charge in [0, 0.05) is 63.2 Å². The third-order valence-electron chi connectivity index (χ3n) is 13.9. The first-order chi connectivity index (χ1) is 29.7. The van der Waals surface area contributed by atoms with Gasteiger partial charge >= 0.3 is 0 Å². The molecule has 3 nitrogen and oxygen atoms in total. The van der Waals surface area contributed by atoms with Gasteiger partial charge in [-0.05, 0) is 99.5 Å². The van der Waals surface area contributed by atoms with Crippen LogP contribution in [0.25, 0.3) is 112 Å². The van der Waals surface area contributed by atoms with Crippen LogP contribution in [-0.2, 0) is 10.8 Å². The molecule has 4 aromatic heterocycles. The Morgan fingerprint density at radius 1 is 0.492 bits per heavy atom. The van der Waals surface area contributed by atoms with E-state index in [1.165, 1.54) is 86.8 Å². The Labute approximate surface area is 361 Å². The molecule has 0 N–H and O–H groups in total. The monoisotopic (exact) mass is 819 g/mol. The minimum absolute atomic E-state index is 0.0949. The summed E-state index contributed by atoms with van der Waals surface area (Å²) in [4.78, 5) is 10.9. The first-order valence-corrected chi connectivity index (χ1v) is 23.0. The number of hydrogen-bond donors (Lipinski definition) is 0. The number of hydrogen-bond acceptors (Lipinski definition) is 4. The maximum atomic E-state index is 5.51. The molecule has 4 heterocycles. The van der Waals surface area contributed by atoms with Crippen molar-refractivity contribution in [3.05, 3.63) is 163 Å². The van der Waals surface area contributed by atoms with Crippen molar-refractivity contribution in [1.82, 2.24) is 14.5 Å². The van der Waals surface area contributed by atoms with Crippen LogP contribution in [0.1, 0.15) is 51.7 Å². The topological polar surface area (TPSA) is 30.7 Å². The van der Waals surface area contributed by atoms with Crippen LogP contribution in [0.2, 0.25) is 0 Å². The first-order valence-electron chi connectivity index (χ1n) is 21.4. The van der Waals surface area contributed by atoms with Gasteiger partial charge in [-0.15, -0.1) is 22.7 Å². The van der Waals surface area contributed by atoms with Crippen LogP contribution in [0, 0.1) is 0 Å². The Hall–Kier alpha value is -6.40. The molecule has 0 amide bonds. The zero-order valence-electron chi connectivity index (χ0n) is 34.5. The molecule has 0 spiro atoms. The lowest BCUT2D eigenvalue weighted by Crippen LogP contribution is -2.33. The van der Waals surface area contributed by atoms with Gasteiger partial charge in [0.1, 0.15) is 0 Å². The molecule has 61 heavy (non-hydrogen) atoms. The summed E-state index contributed by atoms with van der Waals surface area (Å²) in [7, 11) is 0. The van der Waals surface area contributed by atoms with E-state index in [4.69, 9.17) is 9.97 Å². The molecule has 1 aliphatic carbocycles. The quantitative estimate of drug-likeness (QED) is 0.178. The van der Waals surface area contributed by atoms with E-state index >= 15 is 0 Å². The first kappa shape index (κ1) is 35.4. The largest absolute Gasteiger partial charge is 0.309 e. The van der Waals surface area contributed by atoms with E-state index in [2.05, 4.69) is 184 Å². The molecule has 0 saturated heterocycles. The number of thiophene rings is 2. The van der Waals surface area contributed by atoms with Gasteiger partial charge in [-0.1, -0.05) is 131 Å². The highest BCUT2D eigenvalue weighted by Gasteiger charge is 2.38. The van der Waals surface area contributed by atoms with Crippen LogP contribution in [0.4, 0.5) is 0 Å². The molecule has 8 aromatic carbocycles. The van der Waals surface area contributed by atoms with E-state index in [1.54, 1.807) is 11.3 Å². The zero-order chi connectivity index (χ0) is 40.8. The zero-order valence-corrected chi connectivity index (χ0v) is 36.1. The van der Waals surface area contributed by atoms with Gasteiger partial charge in [0.2, 0.25) is 0 Å². The van der Waals surface area contributed by atoms with Gasteiger partial charge in [-0.25, -0.2) is 9.97 Å². The summed E-state index contributed by atoms with van der Waals surface area (Å²) >= 11 is 3.64. The molecule has 0 fully saturated rings. The number of aromatic nitrogens is 3. The van der Waals surface area contributed by atoms with Crippen molar-refractivity contribution in [1.29, 1.82) is 0 Å². The molecule has 0 atom stereocenters. The highest BCUT2D eigenvalue weighted by atomic mass is 32.1. The van der Waals surface area contributed by atoms with E-state index < -0.39 is 0 Å². The third-order valence-corrected chi connectivity index (χ3v) is 16.2. The maximum absolute atomic E-state index is 5.51. The third kappa shape index (κ3) is 5.14. The molecule has 1 aliphatic rings. The van der Waals surface area contributed by atoms with Crippen molar-refractivity contribution in [2.45, 2.75) is 51.4 Å². The van der Waals surface area contributed by atoms with Crippen LogP contribution < -0.4 is 0 Å². The average Bonchev–Trinajstić information content (AvgIpc) is 3.96. The second-order valence-electron chi connectivity index (χ2n) is 18.4. The predicted molar refractivity (Wildman–Crippen MR) is 263 cm³/mol. The Kier molecular flexibility index (Phi) is 7.29. The van der Waals surface area contributed by atoms with E-state index in [0.717, 1.165) is 49.3 Å². The minimum atomic E-state index is 0.0949. The lowest BCUT2D eigenvalue weighted by molar-refractivity contribution is 0.332. The van der Waals surface area contributed by atoms with Crippen LogP contribution in [-0.4, -0.2) is 14.5 Å². The van der Waals surface area contributed by atoms with Gasteiger partial charge in [-0.2, -0.15) is 0 Å². The van der Waals surface area contributed by atoms with Crippen molar-refractivity contribution in [3.8, 4) is 28.3 Å². The molecule has 12 aromatic rings. The van der Waals surface area contributed by atoms with E-state index in [-0.39, 0.29) is 10.8 Å². The van der Waals surface area contributed by atoms with E-state index in [1.807, 2.05) is 11.3 Å². The van der Waals surface area contributed by atoms with Crippen molar-refractivity contribution in [3.63, 3.8) is 0 Å². The summed E-state index contributed by atoms with van der Waals surface area (Å²) in [6.45, 7) is 9.72. The van der Waals surface area contributed by atoms with Crippen LogP contribution in [0.3, 0.4) is 0 Å². The van der Waals surface area contributed by atoms with Gasteiger partial charge in [-0.3, -0.25) is 0 Å². The summed E-state index contributed by atoms with van der Waals surface area (Å²) in [5.74, 6) is 0.749. The normalized spacial score (nSPS) is 15.0. The van der Waals surface area contributed by atoms with E-state index in [9.17, 15) is 0 Å². The maximum Gasteiger partial charge on any atom is 0.161 e. The highest BCUT2D eigenvalue weighted by Crippen LogP contribution is 2.50. The lowest BCUT2D eigenvalue weighted by atomic mass is 9.63. The molecule has 13 rings (SSSR count). The Morgan fingerprint density at radius 3 is 2.02 bits per heavy atom. The van der Waals surface area contributed by atoms with Crippen molar-refractivity contribution >= 4 is 106 Å². The van der Waals surface area contributed by atoms with Crippen molar-refractivity contribution in [2.75, 3.05) is 0 Å². The fourth-order valence-corrected chi connectivity index (χ4v) is 12.7. The minimum Gasteiger partial charge on any atom is -0.309 e. The Morgan fingerprint density at radius 2 is 1.18 bits per heavy atom. The van der Waals surface area contributed by atoms with E-state index in [0.29, 0.717) is 0 Å². The summed E-state index contributed by atoms with van der Waals surface area (Å²) in [5.41, 5.74) is 11.0.